The van der Waals surface area contributed by atoms with E-state index >= 15 is 0 Å². The van der Waals surface area contributed by atoms with Crippen LogP contribution >= 0.6 is 12.4 Å². The molecule has 3 N–H and O–H groups in total. The highest BCUT2D eigenvalue weighted by atomic mass is 35.5. The van der Waals surface area contributed by atoms with Crippen LogP contribution in [-0.2, 0) is 16.0 Å². The average molecular weight is 340 g/mol. The largest absolute Gasteiger partial charge is 0.356 e. The van der Waals surface area contributed by atoms with Gasteiger partial charge < -0.3 is 16.0 Å². The predicted octanol–water partition coefficient (Wildman–Crippen LogP) is 1.27. The number of piperidine rings is 1. The van der Waals surface area contributed by atoms with Gasteiger partial charge in [-0.15, -0.1) is 12.4 Å². The Morgan fingerprint density at radius 1 is 1.13 bits per heavy atom. The maximum Gasteiger partial charge on any atom is 0.224 e. The molecule has 1 aliphatic heterocycles. The minimum Gasteiger partial charge on any atom is -0.356 e. The minimum atomic E-state index is -0.0459. The van der Waals surface area contributed by atoms with Gasteiger partial charge in [-0.25, -0.2) is 0 Å². The van der Waals surface area contributed by atoms with E-state index in [1.807, 2.05) is 30.3 Å². The van der Waals surface area contributed by atoms with Crippen LogP contribution in [-0.4, -0.2) is 38.0 Å². The molecule has 1 heterocycles. The lowest BCUT2D eigenvalue weighted by atomic mass is 10.00. The number of halogens is 1. The molecule has 1 saturated heterocycles. The molecule has 2 amide bonds. The lowest BCUT2D eigenvalue weighted by Crippen LogP contribution is -2.39. The first kappa shape index (κ1) is 19.5. The second-order valence-corrected chi connectivity index (χ2v) is 5.78. The van der Waals surface area contributed by atoms with Crippen LogP contribution < -0.4 is 16.0 Å². The van der Waals surface area contributed by atoms with Crippen LogP contribution in [0.1, 0.15) is 24.8 Å². The van der Waals surface area contributed by atoms with Crippen molar-refractivity contribution in [1.29, 1.82) is 0 Å². The van der Waals surface area contributed by atoms with Crippen LogP contribution in [0.3, 0.4) is 0 Å². The Hall–Kier alpha value is -1.59. The highest BCUT2D eigenvalue weighted by molar-refractivity contribution is 5.85. The lowest BCUT2D eigenvalue weighted by molar-refractivity contribution is -0.122. The number of rotatable bonds is 7. The zero-order valence-electron chi connectivity index (χ0n) is 13.3. The highest BCUT2D eigenvalue weighted by Gasteiger charge is 2.13. The van der Waals surface area contributed by atoms with Gasteiger partial charge in [0.1, 0.15) is 0 Å². The summed E-state index contributed by atoms with van der Waals surface area (Å²) in [6, 6.07) is 9.59. The van der Waals surface area contributed by atoms with Crippen LogP contribution in [0.2, 0.25) is 0 Å². The highest BCUT2D eigenvalue weighted by Crippen LogP contribution is 2.08. The molecule has 2 rings (SSSR count). The van der Waals surface area contributed by atoms with Crippen molar-refractivity contribution in [2.45, 2.75) is 25.7 Å². The van der Waals surface area contributed by atoms with Crippen molar-refractivity contribution < 1.29 is 9.59 Å². The van der Waals surface area contributed by atoms with E-state index in [4.69, 9.17) is 0 Å². The zero-order valence-corrected chi connectivity index (χ0v) is 14.2. The molecule has 6 heteroatoms. The third-order valence-electron chi connectivity index (χ3n) is 3.87. The number of amides is 2. The van der Waals surface area contributed by atoms with Gasteiger partial charge in [0.25, 0.3) is 0 Å². The Kier molecular flexibility index (Phi) is 9.33. The molecule has 1 atom stereocenters. The fourth-order valence-corrected chi connectivity index (χ4v) is 2.60. The molecule has 1 unspecified atom stereocenters. The number of hydrogen-bond donors (Lipinski definition) is 3. The molecule has 1 aliphatic rings. The summed E-state index contributed by atoms with van der Waals surface area (Å²) in [6.45, 7) is 3.18. The Bertz CT molecular complexity index is 476. The first-order valence-electron chi connectivity index (χ1n) is 8.02. The second kappa shape index (κ2) is 11.0. The van der Waals surface area contributed by atoms with Gasteiger partial charge in [0.2, 0.25) is 11.8 Å². The van der Waals surface area contributed by atoms with Gasteiger partial charge in [-0.1, -0.05) is 30.3 Å². The molecule has 1 fully saturated rings. The number of hydrogen-bond acceptors (Lipinski definition) is 3. The topological polar surface area (TPSA) is 70.2 Å². The summed E-state index contributed by atoms with van der Waals surface area (Å²) in [5.41, 5.74) is 0.981. The van der Waals surface area contributed by atoms with Crippen molar-refractivity contribution >= 4 is 24.2 Å². The first-order chi connectivity index (χ1) is 10.7. The normalized spacial score (nSPS) is 17.0. The molecule has 5 nitrogen and oxygen atoms in total. The maximum absolute atomic E-state index is 11.7. The van der Waals surface area contributed by atoms with E-state index in [1.165, 1.54) is 12.8 Å². The van der Waals surface area contributed by atoms with E-state index in [9.17, 15) is 9.59 Å². The first-order valence-corrected chi connectivity index (χ1v) is 8.02. The molecule has 1 aromatic rings. The molecule has 0 bridgehead atoms. The molecule has 0 spiro atoms. The lowest BCUT2D eigenvalue weighted by Gasteiger charge is -2.22. The Morgan fingerprint density at radius 3 is 2.61 bits per heavy atom. The van der Waals surface area contributed by atoms with Crippen molar-refractivity contribution in [2.24, 2.45) is 5.92 Å². The van der Waals surface area contributed by atoms with Gasteiger partial charge in [-0.2, -0.15) is 0 Å². The summed E-state index contributed by atoms with van der Waals surface area (Å²) in [5.74, 6) is 0.492. The summed E-state index contributed by atoms with van der Waals surface area (Å²) < 4.78 is 0. The molecule has 0 aromatic heterocycles. The fraction of sp³-hybridized carbons (Fsp3) is 0.529. The Balaban J connectivity index is 0.00000264. The summed E-state index contributed by atoms with van der Waals surface area (Å²) in [5, 5.41) is 9.06. The van der Waals surface area contributed by atoms with E-state index < -0.39 is 0 Å². The summed E-state index contributed by atoms with van der Waals surface area (Å²) >= 11 is 0. The molecule has 128 valence electrons. The van der Waals surface area contributed by atoms with Gasteiger partial charge in [-0.3, -0.25) is 9.59 Å². The summed E-state index contributed by atoms with van der Waals surface area (Å²) in [4.78, 5) is 23.5. The average Bonchev–Trinajstić information content (AvgIpc) is 2.55. The number of carbonyl (C=O) groups is 2. The van der Waals surface area contributed by atoms with Gasteiger partial charge in [0.15, 0.2) is 0 Å². The summed E-state index contributed by atoms with van der Waals surface area (Å²) in [7, 11) is 0. The number of nitrogens with one attached hydrogen (secondary N) is 3. The Labute approximate surface area is 144 Å². The fourth-order valence-electron chi connectivity index (χ4n) is 2.60. The van der Waals surface area contributed by atoms with Gasteiger partial charge >= 0.3 is 0 Å². The maximum atomic E-state index is 11.7. The molecular formula is C17H26ClN3O2. The van der Waals surface area contributed by atoms with Gasteiger partial charge in [0, 0.05) is 19.5 Å². The van der Waals surface area contributed by atoms with E-state index in [0.29, 0.717) is 25.3 Å². The third kappa shape index (κ3) is 8.00. The van der Waals surface area contributed by atoms with Crippen molar-refractivity contribution in [3.8, 4) is 0 Å². The van der Waals surface area contributed by atoms with E-state index in [0.717, 1.165) is 25.2 Å². The van der Waals surface area contributed by atoms with Crippen molar-refractivity contribution in [3.63, 3.8) is 0 Å². The van der Waals surface area contributed by atoms with Crippen molar-refractivity contribution in [1.82, 2.24) is 16.0 Å². The molecule has 0 saturated carbocycles. The Morgan fingerprint density at radius 2 is 1.91 bits per heavy atom. The minimum absolute atomic E-state index is 0. The van der Waals surface area contributed by atoms with E-state index in [-0.39, 0.29) is 24.2 Å². The van der Waals surface area contributed by atoms with E-state index in [2.05, 4.69) is 16.0 Å². The van der Waals surface area contributed by atoms with Gasteiger partial charge in [0.05, 0.1) is 6.42 Å². The quantitative estimate of drug-likeness (QED) is 0.700. The number of benzene rings is 1. The monoisotopic (exact) mass is 339 g/mol. The predicted molar refractivity (Wildman–Crippen MR) is 93.6 cm³/mol. The molecule has 23 heavy (non-hydrogen) atoms. The van der Waals surface area contributed by atoms with Gasteiger partial charge in [-0.05, 0) is 37.4 Å². The SMILES string of the molecule is Cl.O=C(CCNC(=O)Cc1ccccc1)NCC1CCCNC1. The molecule has 0 radical (unpaired) electrons. The van der Waals surface area contributed by atoms with Crippen LogP contribution in [0.25, 0.3) is 0 Å². The van der Waals surface area contributed by atoms with Crippen LogP contribution in [0.4, 0.5) is 0 Å². The molecule has 1 aromatic carbocycles. The summed E-state index contributed by atoms with van der Waals surface area (Å²) in [6.07, 6.45) is 3.04. The smallest absolute Gasteiger partial charge is 0.224 e. The number of carbonyl (C=O) groups excluding carboxylic acids is 2. The van der Waals surface area contributed by atoms with Crippen molar-refractivity contribution in [3.05, 3.63) is 35.9 Å². The second-order valence-electron chi connectivity index (χ2n) is 5.78. The third-order valence-corrected chi connectivity index (χ3v) is 3.87. The van der Waals surface area contributed by atoms with Crippen LogP contribution in [0.5, 0.6) is 0 Å². The van der Waals surface area contributed by atoms with Crippen LogP contribution in [0.15, 0.2) is 30.3 Å². The van der Waals surface area contributed by atoms with Crippen LogP contribution in [0, 0.1) is 5.92 Å². The zero-order chi connectivity index (χ0) is 15.6. The standard InChI is InChI=1S/C17H25N3O2.ClH/c21-16(20-13-15-7-4-9-18-12-15)8-10-19-17(22)11-14-5-2-1-3-6-14;/h1-3,5-6,15,18H,4,7-13H2,(H,19,22)(H,20,21);1H. The molecule has 0 aliphatic carbocycles. The van der Waals surface area contributed by atoms with E-state index in [1.54, 1.807) is 0 Å². The van der Waals surface area contributed by atoms with Crippen molar-refractivity contribution in [2.75, 3.05) is 26.2 Å². The molecular weight excluding hydrogens is 314 g/mol.